The number of hydrogen-bond acceptors (Lipinski definition) is 7. The van der Waals surface area contributed by atoms with Crippen LogP contribution >= 0.6 is 23.4 Å². The van der Waals surface area contributed by atoms with E-state index < -0.39 is 22.0 Å². The van der Waals surface area contributed by atoms with E-state index in [0.717, 1.165) is 11.8 Å². The summed E-state index contributed by atoms with van der Waals surface area (Å²) in [6.45, 7) is 0. The fourth-order valence-corrected chi connectivity index (χ4v) is 2.71. The molecule has 0 bridgehead atoms. The fraction of sp³-hybridized carbons (Fsp3) is 0.167. The Bertz CT molecular complexity index is 736. The number of hydrogen-bond donors (Lipinski definition) is 2. The van der Waals surface area contributed by atoms with Crippen molar-refractivity contribution in [2.75, 3.05) is 0 Å². The van der Waals surface area contributed by atoms with E-state index in [1.54, 1.807) is 0 Å². The van der Waals surface area contributed by atoms with Gasteiger partial charge in [-0.3, -0.25) is 19.7 Å². The minimum Gasteiger partial charge on any atom is -0.481 e. The highest BCUT2D eigenvalue weighted by Crippen LogP contribution is 2.23. The van der Waals surface area contributed by atoms with Crippen molar-refractivity contribution in [3.63, 3.8) is 0 Å². The highest BCUT2D eigenvalue weighted by atomic mass is 35.5. The summed E-state index contributed by atoms with van der Waals surface area (Å²) in [5, 5.41) is 28.9. The molecule has 1 heterocycles. The molecule has 2 N–H and O–H groups in total. The van der Waals surface area contributed by atoms with Gasteiger partial charge in [-0.1, -0.05) is 23.4 Å². The number of carboxylic acids is 1. The van der Waals surface area contributed by atoms with Crippen LogP contribution in [0.3, 0.4) is 0 Å². The summed E-state index contributed by atoms with van der Waals surface area (Å²) in [7, 11) is 0. The number of benzene rings is 1. The molecule has 0 spiro atoms. The second-order valence-corrected chi connectivity index (χ2v) is 5.90. The van der Waals surface area contributed by atoms with Crippen LogP contribution < -0.4 is 5.32 Å². The summed E-state index contributed by atoms with van der Waals surface area (Å²) >= 11 is 6.85. The Balaban J connectivity index is 2.10. The van der Waals surface area contributed by atoms with Crippen molar-refractivity contribution in [2.45, 2.75) is 11.7 Å². The number of nitro groups is 1. The third-order valence-corrected chi connectivity index (χ3v) is 4.09. The number of halogens is 1. The lowest BCUT2D eigenvalue weighted by Gasteiger charge is -1.98. The molecule has 1 aliphatic heterocycles. The number of carbonyl (C=O) groups excluding carboxylic acids is 1. The molecule has 9 nitrogen and oxygen atoms in total. The van der Waals surface area contributed by atoms with E-state index in [4.69, 9.17) is 16.7 Å². The van der Waals surface area contributed by atoms with Crippen LogP contribution in [0.1, 0.15) is 12.0 Å². The Morgan fingerprint density at radius 3 is 2.96 bits per heavy atom. The first-order chi connectivity index (χ1) is 10.9. The molecule has 1 aromatic rings. The van der Waals surface area contributed by atoms with Crippen LogP contribution in [0.25, 0.3) is 0 Å². The van der Waals surface area contributed by atoms with Crippen molar-refractivity contribution in [1.29, 1.82) is 0 Å². The molecule has 1 aromatic carbocycles. The zero-order valence-electron chi connectivity index (χ0n) is 11.3. The first-order valence-electron chi connectivity index (χ1n) is 6.11. The molecule has 120 valence electrons. The summed E-state index contributed by atoms with van der Waals surface area (Å²) in [5.74, 6) is -1.55. The van der Waals surface area contributed by atoms with Crippen molar-refractivity contribution < 1.29 is 19.6 Å². The lowest BCUT2D eigenvalue weighted by molar-refractivity contribution is -0.384. The SMILES string of the molecule is O=C(O)CC1SC(=NN=Cc2cc([N+](=O)[O-])ccc2Cl)NC1=O. The Labute approximate surface area is 138 Å². The number of thioether (sulfide) groups is 1. The zero-order valence-corrected chi connectivity index (χ0v) is 12.9. The van der Waals surface area contributed by atoms with Crippen molar-refractivity contribution in [2.24, 2.45) is 10.2 Å². The smallest absolute Gasteiger partial charge is 0.305 e. The number of nitrogens with zero attached hydrogens (tertiary/aromatic N) is 3. The zero-order chi connectivity index (χ0) is 17.0. The number of rotatable bonds is 5. The van der Waals surface area contributed by atoms with E-state index in [1.807, 2.05) is 0 Å². The number of aliphatic carboxylic acids is 1. The van der Waals surface area contributed by atoms with Crippen LogP contribution in [0.5, 0.6) is 0 Å². The fourth-order valence-electron chi connectivity index (χ4n) is 1.63. The van der Waals surface area contributed by atoms with Crippen molar-refractivity contribution in [3.8, 4) is 0 Å². The molecule has 1 unspecified atom stereocenters. The Hall–Kier alpha value is -2.46. The van der Waals surface area contributed by atoms with E-state index in [2.05, 4.69) is 15.5 Å². The lowest BCUT2D eigenvalue weighted by Crippen LogP contribution is -2.26. The predicted molar refractivity (Wildman–Crippen MR) is 84.9 cm³/mol. The third kappa shape index (κ3) is 4.50. The molecule has 2 rings (SSSR count). The van der Waals surface area contributed by atoms with E-state index >= 15 is 0 Å². The molecule has 23 heavy (non-hydrogen) atoms. The van der Waals surface area contributed by atoms with Gasteiger partial charge in [0, 0.05) is 22.7 Å². The van der Waals surface area contributed by atoms with Crippen LogP contribution in [0.4, 0.5) is 5.69 Å². The molecular weight excluding hydrogens is 348 g/mol. The van der Waals surface area contributed by atoms with Crippen molar-refractivity contribution in [3.05, 3.63) is 38.9 Å². The summed E-state index contributed by atoms with van der Waals surface area (Å²) < 4.78 is 0. The van der Waals surface area contributed by atoms with Gasteiger partial charge in [-0.25, -0.2) is 0 Å². The van der Waals surface area contributed by atoms with Crippen molar-refractivity contribution >= 4 is 52.3 Å². The molecule has 1 amide bonds. The number of nitrogens with one attached hydrogen (secondary N) is 1. The predicted octanol–water partition coefficient (Wildman–Crippen LogP) is 1.64. The maximum atomic E-state index is 11.5. The lowest BCUT2D eigenvalue weighted by atomic mass is 10.2. The van der Waals surface area contributed by atoms with E-state index in [1.165, 1.54) is 24.4 Å². The van der Waals surface area contributed by atoms with E-state index in [9.17, 15) is 19.7 Å². The Morgan fingerprint density at radius 1 is 1.57 bits per heavy atom. The molecule has 0 saturated carbocycles. The second kappa shape index (κ2) is 7.20. The largest absolute Gasteiger partial charge is 0.481 e. The maximum absolute atomic E-state index is 11.5. The van der Waals surface area contributed by atoms with Gasteiger partial charge in [0.15, 0.2) is 5.17 Å². The monoisotopic (exact) mass is 356 g/mol. The molecule has 1 atom stereocenters. The molecule has 1 aliphatic rings. The average Bonchev–Trinajstić information content (AvgIpc) is 2.80. The van der Waals surface area contributed by atoms with Crippen LogP contribution in [-0.2, 0) is 9.59 Å². The van der Waals surface area contributed by atoms with E-state index in [0.29, 0.717) is 5.56 Å². The summed E-state index contributed by atoms with van der Waals surface area (Å²) in [6, 6.07) is 3.86. The highest BCUT2D eigenvalue weighted by molar-refractivity contribution is 8.15. The van der Waals surface area contributed by atoms with Gasteiger partial charge in [-0.15, -0.1) is 5.10 Å². The standard InChI is InChI=1S/C12H9ClN4O5S/c13-8-2-1-7(17(21)22)3-6(8)5-14-16-12-15-11(20)9(23-12)4-10(18)19/h1-3,5,9H,4H2,(H,18,19)(H,15,16,20). The number of nitro benzene ring substituents is 1. The number of carbonyl (C=O) groups is 2. The number of carboxylic acid groups (broad SMARTS) is 1. The first kappa shape index (κ1) is 16.9. The highest BCUT2D eigenvalue weighted by Gasteiger charge is 2.32. The van der Waals surface area contributed by atoms with E-state index in [-0.39, 0.29) is 22.3 Å². The van der Waals surface area contributed by atoms with Gasteiger partial charge in [0.2, 0.25) is 5.91 Å². The number of amidine groups is 1. The quantitative estimate of drug-likeness (QED) is 0.468. The maximum Gasteiger partial charge on any atom is 0.305 e. The Morgan fingerprint density at radius 2 is 2.30 bits per heavy atom. The van der Waals surface area contributed by atoms with Crippen LogP contribution in [-0.4, -0.2) is 38.5 Å². The van der Waals surface area contributed by atoms with Crippen LogP contribution in [0, 0.1) is 10.1 Å². The van der Waals surface area contributed by atoms with Gasteiger partial charge < -0.3 is 10.4 Å². The minimum atomic E-state index is -1.09. The molecule has 0 aromatic heterocycles. The second-order valence-electron chi connectivity index (χ2n) is 4.31. The molecule has 0 radical (unpaired) electrons. The summed E-state index contributed by atoms with van der Waals surface area (Å²) in [5.41, 5.74) is 0.148. The number of non-ortho nitro benzene ring substituents is 1. The molecule has 1 fully saturated rings. The first-order valence-corrected chi connectivity index (χ1v) is 7.37. The normalized spacial score (nSPS) is 19.3. The Kier molecular flexibility index (Phi) is 5.29. The van der Waals surface area contributed by atoms with Gasteiger partial charge in [-0.2, -0.15) is 5.10 Å². The van der Waals surface area contributed by atoms with Gasteiger partial charge in [0.25, 0.3) is 5.69 Å². The minimum absolute atomic E-state index is 0.145. The molecular formula is C12H9ClN4O5S. The number of amides is 1. The van der Waals surface area contributed by atoms with Gasteiger partial charge >= 0.3 is 5.97 Å². The van der Waals surface area contributed by atoms with Gasteiger partial charge in [-0.05, 0) is 6.07 Å². The third-order valence-electron chi connectivity index (χ3n) is 2.67. The topological polar surface area (TPSA) is 134 Å². The summed E-state index contributed by atoms with van der Waals surface area (Å²) in [4.78, 5) is 32.2. The van der Waals surface area contributed by atoms with Gasteiger partial charge in [0.1, 0.15) is 5.25 Å². The molecule has 11 heteroatoms. The van der Waals surface area contributed by atoms with Crippen LogP contribution in [0.15, 0.2) is 28.4 Å². The summed E-state index contributed by atoms with van der Waals surface area (Å²) in [6.07, 6.45) is 0.884. The molecule has 0 aliphatic carbocycles. The van der Waals surface area contributed by atoms with Crippen LogP contribution in [0.2, 0.25) is 5.02 Å². The van der Waals surface area contributed by atoms with Crippen molar-refractivity contribution in [1.82, 2.24) is 5.32 Å². The average molecular weight is 357 g/mol. The van der Waals surface area contributed by atoms with Gasteiger partial charge in [0.05, 0.1) is 17.6 Å². The molecule has 1 saturated heterocycles.